The molecule has 2 heterocycles. The monoisotopic (exact) mass is 434 g/mol. The summed E-state index contributed by atoms with van der Waals surface area (Å²) in [6, 6.07) is 13.8. The fourth-order valence-corrected chi connectivity index (χ4v) is 4.44. The number of hydrogen-bond acceptors (Lipinski definition) is 5. The van der Waals surface area contributed by atoms with Crippen LogP contribution in [0.3, 0.4) is 0 Å². The van der Waals surface area contributed by atoms with Gasteiger partial charge < -0.3 is 10.6 Å². The minimum Gasteiger partial charge on any atom is -0.365 e. The largest absolute Gasteiger partial charge is 0.365 e. The van der Waals surface area contributed by atoms with Gasteiger partial charge in [-0.2, -0.15) is 0 Å². The molecule has 0 spiro atoms. The molecule has 4 rings (SSSR count). The maximum Gasteiger partial charge on any atom is 0.251 e. The Labute approximate surface area is 184 Å². The lowest BCUT2D eigenvalue weighted by Gasteiger charge is -2.10. The van der Waals surface area contributed by atoms with Crippen molar-refractivity contribution in [1.82, 2.24) is 15.3 Å². The maximum absolute atomic E-state index is 13.7. The van der Waals surface area contributed by atoms with Crippen molar-refractivity contribution < 1.29 is 9.18 Å². The number of aromatic nitrogens is 2. The number of carbonyl (C=O) groups is 1. The highest BCUT2D eigenvalue weighted by Crippen LogP contribution is 2.33. The number of rotatable bonds is 6. The number of thiophene rings is 1. The molecule has 7 heteroatoms. The normalized spacial score (nSPS) is 11.0. The third-order valence-electron chi connectivity index (χ3n) is 5.21. The number of benzene rings is 2. The highest BCUT2D eigenvalue weighted by molar-refractivity contribution is 7.18. The highest BCUT2D eigenvalue weighted by atomic mass is 32.1. The second-order valence-corrected chi connectivity index (χ2v) is 8.61. The predicted molar refractivity (Wildman–Crippen MR) is 123 cm³/mol. The van der Waals surface area contributed by atoms with Gasteiger partial charge in [-0.15, -0.1) is 11.3 Å². The van der Waals surface area contributed by atoms with Crippen LogP contribution in [-0.4, -0.2) is 15.9 Å². The first-order chi connectivity index (χ1) is 14.9. The lowest BCUT2D eigenvalue weighted by molar-refractivity contribution is 0.0950. The third-order valence-corrected chi connectivity index (χ3v) is 6.31. The van der Waals surface area contributed by atoms with Gasteiger partial charge in [0.2, 0.25) is 0 Å². The number of aryl methyl sites for hydroxylation is 3. The molecule has 2 N–H and O–H groups in total. The lowest BCUT2D eigenvalue weighted by atomic mass is 10.1. The molecule has 0 saturated heterocycles. The first-order valence-corrected chi connectivity index (χ1v) is 10.8. The summed E-state index contributed by atoms with van der Waals surface area (Å²) < 4.78 is 13.7. The SMILES string of the molecule is Cc1nc(NCc2ccc(C(=O)NCc3ccccc3F)cc2)c2c(C)c(C)sc2n1. The Morgan fingerprint density at radius 2 is 1.74 bits per heavy atom. The van der Waals surface area contributed by atoms with Gasteiger partial charge in [-0.1, -0.05) is 30.3 Å². The fraction of sp³-hybridized carbons (Fsp3) is 0.208. The first kappa shape index (κ1) is 20.9. The summed E-state index contributed by atoms with van der Waals surface area (Å²) in [4.78, 5) is 23.7. The molecular formula is C24H23FN4OS. The van der Waals surface area contributed by atoms with E-state index in [0.29, 0.717) is 17.7 Å². The van der Waals surface area contributed by atoms with Gasteiger partial charge in [0.1, 0.15) is 22.3 Å². The van der Waals surface area contributed by atoms with Crippen LogP contribution < -0.4 is 10.6 Å². The molecule has 0 aliphatic heterocycles. The summed E-state index contributed by atoms with van der Waals surface area (Å²) in [7, 11) is 0. The van der Waals surface area contributed by atoms with Gasteiger partial charge >= 0.3 is 0 Å². The number of fused-ring (bicyclic) bond motifs is 1. The van der Waals surface area contributed by atoms with Crippen molar-refractivity contribution in [3.05, 3.63) is 87.3 Å². The van der Waals surface area contributed by atoms with E-state index in [4.69, 9.17) is 0 Å². The van der Waals surface area contributed by atoms with Gasteiger partial charge in [0.05, 0.1) is 5.39 Å². The Kier molecular flexibility index (Phi) is 5.95. The average molecular weight is 435 g/mol. The summed E-state index contributed by atoms with van der Waals surface area (Å²) in [6.07, 6.45) is 0. The van der Waals surface area contributed by atoms with E-state index in [9.17, 15) is 9.18 Å². The summed E-state index contributed by atoms with van der Waals surface area (Å²) in [6.45, 7) is 6.81. The summed E-state index contributed by atoms with van der Waals surface area (Å²) >= 11 is 1.68. The van der Waals surface area contributed by atoms with Crippen LogP contribution in [0.5, 0.6) is 0 Å². The Morgan fingerprint density at radius 3 is 2.48 bits per heavy atom. The molecule has 0 atom stereocenters. The number of hydrogen-bond donors (Lipinski definition) is 2. The van der Waals surface area contributed by atoms with E-state index in [0.717, 1.165) is 27.4 Å². The van der Waals surface area contributed by atoms with Crippen molar-refractivity contribution in [2.75, 3.05) is 5.32 Å². The topological polar surface area (TPSA) is 66.9 Å². The summed E-state index contributed by atoms with van der Waals surface area (Å²) in [5.41, 5.74) is 3.22. The minimum absolute atomic E-state index is 0.150. The molecule has 0 bridgehead atoms. The molecule has 2 aromatic carbocycles. The van der Waals surface area contributed by atoms with Crippen molar-refractivity contribution in [2.45, 2.75) is 33.9 Å². The molecular weight excluding hydrogens is 411 g/mol. The predicted octanol–water partition coefficient (Wildman–Crippen LogP) is 5.30. The van der Waals surface area contributed by atoms with E-state index < -0.39 is 0 Å². The first-order valence-electron chi connectivity index (χ1n) is 10.0. The van der Waals surface area contributed by atoms with Crippen LogP contribution >= 0.6 is 11.3 Å². The van der Waals surface area contributed by atoms with Crippen LogP contribution in [0.1, 0.15) is 37.7 Å². The van der Waals surface area contributed by atoms with Gasteiger partial charge in [-0.05, 0) is 50.1 Å². The van der Waals surface area contributed by atoms with E-state index in [-0.39, 0.29) is 18.3 Å². The van der Waals surface area contributed by atoms with E-state index >= 15 is 0 Å². The Bertz CT molecular complexity index is 1250. The molecule has 0 saturated carbocycles. The second kappa shape index (κ2) is 8.81. The smallest absolute Gasteiger partial charge is 0.251 e. The zero-order valence-electron chi connectivity index (χ0n) is 17.6. The number of nitrogens with zero attached hydrogens (tertiary/aromatic N) is 2. The van der Waals surface area contributed by atoms with Crippen LogP contribution in [0.15, 0.2) is 48.5 Å². The lowest BCUT2D eigenvalue weighted by Crippen LogP contribution is -2.23. The Hall–Kier alpha value is -3.32. The molecule has 0 unspecified atom stereocenters. The molecule has 0 radical (unpaired) electrons. The van der Waals surface area contributed by atoms with Gasteiger partial charge in [-0.3, -0.25) is 4.79 Å². The van der Waals surface area contributed by atoms with Gasteiger partial charge in [-0.25, -0.2) is 14.4 Å². The number of anilines is 1. The van der Waals surface area contributed by atoms with Crippen LogP contribution in [0, 0.1) is 26.6 Å². The molecule has 2 aromatic heterocycles. The van der Waals surface area contributed by atoms with Crippen molar-refractivity contribution in [1.29, 1.82) is 0 Å². The maximum atomic E-state index is 13.7. The second-order valence-electron chi connectivity index (χ2n) is 7.41. The number of carbonyl (C=O) groups excluding carboxylic acids is 1. The molecule has 5 nitrogen and oxygen atoms in total. The van der Waals surface area contributed by atoms with Crippen LogP contribution in [0.2, 0.25) is 0 Å². The zero-order chi connectivity index (χ0) is 22.0. The van der Waals surface area contributed by atoms with E-state index in [2.05, 4.69) is 34.4 Å². The van der Waals surface area contributed by atoms with Crippen LogP contribution in [-0.2, 0) is 13.1 Å². The number of nitrogens with one attached hydrogen (secondary N) is 2. The van der Waals surface area contributed by atoms with Gasteiger partial charge in [0.15, 0.2) is 0 Å². The van der Waals surface area contributed by atoms with E-state index in [1.54, 1.807) is 41.7 Å². The zero-order valence-corrected chi connectivity index (χ0v) is 18.4. The summed E-state index contributed by atoms with van der Waals surface area (Å²) in [5.74, 6) is 1.00. The van der Waals surface area contributed by atoms with Crippen LogP contribution in [0.25, 0.3) is 10.2 Å². The van der Waals surface area contributed by atoms with E-state index in [1.165, 1.54) is 16.5 Å². The van der Waals surface area contributed by atoms with E-state index in [1.807, 2.05) is 19.1 Å². The van der Waals surface area contributed by atoms with Crippen molar-refractivity contribution in [3.8, 4) is 0 Å². The average Bonchev–Trinajstić information content (AvgIpc) is 3.04. The van der Waals surface area contributed by atoms with Gasteiger partial charge in [0, 0.05) is 29.1 Å². The third kappa shape index (κ3) is 4.56. The summed E-state index contributed by atoms with van der Waals surface area (Å²) in [5, 5.41) is 7.24. The molecule has 31 heavy (non-hydrogen) atoms. The molecule has 0 aliphatic rings. The molecule has 0 fully saturated rings. The molecule has 158 valence electrons. The van der Waals surface area contributed by atoms with Crippen molar-refractivity contribution >= 4 is 33.3 Å². The molecule has 4 aromatic rings. The standard InChI is InChI=1S/C24H23FN4OS/c1-14-15(2)31-24-21(14)22(28-16(3)29-24)26-12-17-8-10-18(11-9-17)23(30)27-13-19-6-4-5-7-20(19)25/h4-11H,12-13H2,1-3H3,(H,27,30)(H,26,28,29). The molecule has 1 amide bonds. The quantitative estimate of drug-likeness (QED) is 0.432. The Balaban J connectivity index is 1.42. The minimum atomic E-state index is -0.325. The van der Waals surface area contributed by atoms with Crippen LogP contribution in [0.4, 0.5) is 10.2 Å². The van der Waals surface area contributed by atoms with Crippen molar-refractivity contribution in [3.63, 3.8) is 0 Å². The molecule has 0 aliphatic carbocycles. The number of amides is 1. The highest BCUT2D eigenvalue weighted by Gasteiger charge is 2.13. The number of halogens is 1. The van der Waals surface area contributed by atoms with Crippen molar-refractivity contribution in [2.24, 2.45) is 0 Å². The van der Waals surface area contributed by atoms with Gasteiger partial charge in [0.25, 0.3) is 5.91 Å². The fourth-order valence-electron chi connectivity index (χ4n) is 3.36. The Morgan fingerprint density at radius 1 is 1.00 bits per heavy atom.